The average Bonchev–Trinajstić information content (AvgIpc) is 1.84. The van der Waals surface area contributed by atoms with Gasteiger partial charge in [-0.05, 0) is 19.3 Å². The molecule has 0 spiro atoms. The van der Waals surface area contributed by atoms with Crippen molar-refractivity contribution in [2.75, 3.05) is 7.11 Å². The molecule has 0 amide bonds. The first-order chi connectivity index (χ1) is 4.66. The van der Waals surface area contributed by atoms with Crippen molar-refractivity contribution in [2.45, 2.75) is 31.2 Å². The number of carbonyl (C=O) groups excluding carboxylic acids is 1. The summed E-state index contributed by atoms with van der Waals surface area (Å²) in [5, 5.41) is 0. The maximum Gasteiger partial charge on any atom is 0.307 e. The van der Waals surface area contributed by atoms with Gasteiger partial charge in [-0.3, -0.25) is 4.79 Å². The number of ether oxygens (including phenoxy) is 1. The highest BCUT2D eigenvalue weighted by Crippen LogP contribution is 2.32. The molecular weight excluding hydrogens is 166 g/mol. The summed E-state index contributed by atoms with van der Waals surface area (Å²) < 4.78 is 4.50. The second kappa shape index (κ2) is 3.93. The van der Waals surface area contributed by atoms with Crippen molar-refractivity contribution < 1.29 is 9.53 Å². The van der Waals surface area contributed by atoms with Gasteiger partial charge < -0.3 is 10.5 Å². The lowest BCUT2D eigenvalue weighted by Crippen LogP contribution is -2.48. The summed E-state index contributed by atoms with van der Waals surface area (Å²) in [5.74, 6) is -0.192. The predicted octanol–water partition coefficient (Wildman–Crippen LogP) is 0.853. The Morgan fingerprint density at radius 1 is 1.64 bits per heavy atom. The maximum absolute atomic E-state index is 10.7. The van der Waals surface area contributed by atoms with E-state index in [0.29, 0.717) is 6.42 Å². The topological polar surface area (TPSA) is 52.3 Å². The van der Waals surface area contributed by atoms with Gasteiger partial charge in [0, 0.05) is 5.54 Å². The van der Waals surface area contributed by atoms with Gasteiger partial charge in [0.2, 0.25) is 0 Å². The van der Waals surface area contributed by atoms with Crippen LogP contribution in [0.4, 0.5) is 0 Å². The van der Waals surface area contributed by atoms with Gasteiger partial charge in [-0.25, -0.2) is 0 Å². The van der Waals surface area contributed by atoms with Crippen molar-refractivity contribution in [3.05, 3.63) is 0 Å². The van der Waals surface area contributed by atoms with Gasteiger partial charge in [-0.2, -0.15) is 0 Å². The average molecular weight is 180 g/mol. The molecule has 1 rings (SSSR count). The minimum atomic E-state index is -0.229. The van der Waals surface area contributed by atoms with Gasteiger partial charge in [0.05, 0.1) is 13.5 Å². The number of esters is 1. The van der Waals surface area contributed by atoms with Crippen LogP contribution in [-0.2, 0) is 9.53 Å². The summed E-state index contributed by atoms with van der Waals surface area (Å²) in [5.41, 5.74) is 5.55. The lowest BCUT2D eigenvalue weighted by atomic mass is 9.75. The van der Waals surface area contributed by atoms with E-state index < -0.39 is 0 Å². The van der Waals surface area contributed by atoms with Crippen LogP contribution in [0.25, 0.3) is 0 Å². The Kier molecular flexibility index (Phi) is 3.83. The van der Waals surface area contributed by atoms with Crippen molar-refractivity contribution in [2.24, 2.45) is 5.73 Å². The van der Waals surface area contributed by atoms with Gasteiger partial charge in [-0.1, -0.05) is 0 Å². The van der Waals surface area contributed by atoms with Crippen LogP contribution >= 0.6 is 12.4 Å². The zero-order chi connectivity index (χ0) is 7.61. The fraction of sp³-hybridized carbons (Fsp3) is 0.857. The number of hydrogen-bond acceptors (Lipinski definition) is 3. The summed E-state index contributed by atoms with van der Waals surface area (Å²) in [6, 6.07) is 0. The predicted molar refractivity (Wildman–Crippen MR) is 44.7 cm³/mol. The number of rotatable bonds is 2. The number of methoxy groups -OCH3 is 1. The quantitative estimate of drug-likeness (QED) is 0.640. The number of nitrogens with two attached hydrogens (primary N) is 1. The highest BCUT2D eigenvalue weighted by Gasteiger charge is 2.34. The molecule has 0 heterocycles. The minimum Gasteiger partial charge on any atom is -0.469 e. The standard InChI is InChI=1S/C7H13NO2.ClH/c1-10-6(9)5-7(8)3-2-4-7;/h2-5,8H2,1H3;1H. The summed E-state index contributed by atoms with van der Waals surface area (Å²) in [7, 11) is 1.39. The Hall–Kier alpha value is -0.280. The van der Waals surface area contributed by atoms with Crippen LogP contribution in [0.5, 0.6) is 0 Å². The molecule has 1 saturated carbocycles. The van der Waals surface area contributed by atoms with Gasteiger partial charge in [0.25, 0.3) is 0 Å². The van der Waals surface area contributed by atoms with Crippen LogP contribution in [0.1, 0.15) is 25.7 Å². The van der Waals surface area contributed by atoms with Crippen molar-refractivity contribution >= 4 is 18.4 Å². The molecule has 4 heteroatoms. The van der Waals surface area contributed by atoms with Gasteiger partial charge in [0.1, 0.15) is 0 Å². The van der Waals surface area contributed by atoms with E-state index in [0.717, 1.165) is 19.3 Å². The molecular formula is C7H14ClNO2. The van der Waals surface area contributed by atoms with Crippen molar-refractivity contribution in [3.8, 4) is 0 Å². The SMILES string of the molecule is COC(=O)CC1(N)CCC1.Cl. The van der Waals surface area contributed by atoms with E-state index in [2.05, 4.69) is 4.74 Å². The Morgan fingerprint density at radius 2 is 2.18 bits per heavy atom. The van der Waals surface area contributed by atoms with E-state index >= 15 is 0 Å². The fourth-order valence-corrected chi connectivity index (χ4v) is 1.17. The molecule has 1 aliphatic carbocycles. The first-order valence-electron chi connectivity index (χ1n) is 3.52. The summed E-state index contributed by atoms with van der Waals surface area (Å²) in [4.78, 5) is 10.7. The van der Waals surface area contributed by atoms with Crippen molar-refractivity contribution in [1.29, 1.82) is 0 Å². The van der Waals surface area contributed by atoms with E-state index in [1.54, 1.807) is 0 Å². The molecule has 0 aromatic rings. The molecule has 0 bridgehead atoms. The Morgan fingerprint density at radius 3 is 2.45 bits per heavy atom. The van der Waals surface area contributed by atoms with Gasteiger partial charge in [0.15, 0.2) is 0 Å². The van der Waals surface area contributed by atoms with E-state index in [4.69, 9.17) is 5.73 Å². The minimum absolute atomic E-state index is 0. The molecule has 11 heavy (non-hydrogen) atoms. The third kappa shape index (κ3) is 2.67. The highest BCUT2D eigenvalue weighted by molar-refractivity contribution is 5.85. The van der Waals surface area contributed by atoms with E-state index in [1.807, 2.05) is 0 Å². The Balaban J connectivity index is 0.000001000. The van der Waals surface area contributed by atoms with Crippen LogP contribution in [0.15, 0.2) is 0 Å². The molecule has 0 saturated heterocycles. The van der Waals surface area contributed by atoms with Crippen LogP contribution in [0, 0.1) is 0 Å². The van der Waals surface area contributed by atoms with Gasteiger partial charge in [-0.15, -0.1) is 12.4 Å². The van der Waals surface area contributed by atoms with E-state index in [-0.39, 0.29) is 23.9 Å². The third-order valence-electron chi connectivity index (χ3n) is 2.07. The maximum atomic E-state index is 10.7. The van der Waals surface area contributed by atoms with Crippen LogP contribution in [0.3, 0.4) is 0 Å². The third-order valence-corrected chi connectivity index (χ3v) is 2.07. The zero-order valence-electron chi connectivity index (χ0n) is 6.63. The molecule has 0 aliphatic heterocycles. The molecule has 1 fully saturated rings. The Bertz CT molecular complexity index is 145. The first kappa shape index (κ1) is 10.7. The molecule has 3 nitrogen and oxygen atoms in total. The zero-order valence-corrected chi connectivity index (χ0v) is 7.45. The normalized spacial score (nSPS) is 19.5. The van der Waals surface area contributed by atoms with Crippen molar-refractivity contribution in [3.63, 3.8) is 0 Å². The Labute approximate surface area is 72.7 Å². The van der Waals surface area contributed by atoms with Crippen LogP contribution in [-0.4, -0.2) is 18.6 Å². The second-order valence-corrected chi connectivity index (χ2v) is 2.97. The van der Waals surface area contributed by atoms with E-state index in [9.17, 15) is 4.79 Å². The molecule has 1 aliphatic rings. The van der Waals surface area contributed by atoms with E-state index in [1.165, 1.54) is 7.11 Å². The summed E-state index contributed by atoms with van der Waals surface area (Å²) in [6.07, 6.45) is 3.45. The summed E-state index contributed by atoms with van der Waals surface area (Å²) >= 11 is 0. The number of halogens is 1. The molecule has 66 valence electrons. The fourth-order valence-electron chi connectivity index (χ4n) is 1.17. The molecule has 0 unspecified atom stereocenters. The monoisotopic (exact) mass is 179 g/mol. The lowest BCUT2D eigenvalue weighted by Gasteiger charge is -2.36. The van der Waals surface area contributed by atoms with Crippen molar-refractivity contribution in [1.82, 2.24) is 0 Å². The molecule has 2 N–H and O–H groups in total. The molecule has 0 aromatic carbocycles. The highest BCUT2D eigenvalue weighted by atomic mass is 35.5. The molecule has 0 radical (unpaired) electrons. The van der Waals surface area contributed by atoms with Crippen LogP contribution < -0.4 is 5.73 Å². The van der Waals surface area contributed by atoms with Crippen LogP contribution in [0.2, 0.25) is 0 Å². The van der Waals surface area contributed by atoms with Gasteiger partial charge >= 0.3 is 5.97 Å². The number of hydrogen-bond donors (Lipinski definition) is 1. The number of carbonyl (C=O) groups is 1. The summed E-state index contributed by atoms with van der Waals surface area (Å²) in [6.45, 7) is 0. The largest absolute Gasteiger partial charge is 0.469 e. The molecule has 0 aromatic heterocycles. The smallest absolute Gasteiger partial charge is 0.307 e. The molecule has 0 atom stereocenters. The second-order valence-electron chi connectivity index (χ2n) is 2.97. The lowest BCUT2D eigenvalue weighted by molar-refractivity contribution is -0.142. The first-order valence-corrected chi connectivity index (χ1v) is 3.52.